The number of rotatable bonds is 4. The number of nitrogens with zero attached hydrogens (tertiary/aromatic N) is 6. The molecule has 0 saturated heterocycles. The standard InChI is InChI=1S/C22H19N7OS/c1-13-18-9-26-19-6-4-14(7-17(19)21(18)28(2)27-13)22(30)29(23)11-16-5-3-15(8-25-16)20-10-24-12-31-20/h3-10,12H,11,23H2,1-2H3. The van der Waals surface area contributed by atoms with Gasteiger partial charge in [0.1, 0.15) is 0 Å². The Balaban J connectivity index is 1.42. The zero-order valence-corrected chi connectivity index (χ0v) is 17.8. The molecule has 0 saturated carbocycles. The van der Waals surface area contributed by atoms with Crippen LogP contribution in [0.5, 0.6) is 0 Å². The van der Waals surface area contributed by atoms with E-state index in [0.717, 1.165) is 37.9 Å². The topological polar surface area (TPSA) is 103 Å². The van der Waals surface area contributed by atoms with Crippen LogP contribution < -0.4 is 5.84 Å². The summed E-state index contributed by atoms with van der Waals surface area (Å²) in [6, 6.07) is 9.23. The van der Waals surface area contributed by atoms with Gasteiger partial charge in [-0.2, -0.15) is 5.10 Å². The summed E-state index contributed by atoms with van der Waals surface area (Å²) in [7, 11) is 1.89. The normalized spacial score (nSPS) is 11.3. The van der Waals surface area contributed by atoms with E-state index >= 15 is 0 Å². The van der Waals surface area contributed by atoms with E-state index in [-0.39, 0.29) is 12.5 Å². The predicted molar refractivity (Wildman–Crippen MR) is 120 cm³/mol. The molecule has 4 heterocycles. The number of pyridine rings is 2. The first-order chi connectivity index (χ1) is 15.0. The summed E-state index contributed by atoms with van der Waals surface area (Å²) in [4.78, 5) is 27.1. The minimum atomic E-state index is -0.286. The van der Waals surface area contributed by atoms with Gasteiger partial charge in [-0.25, -0.2) is 5.84 Å². The van der Waals surface area contributed by atoms with Gasteiger partial charge in [0.2, 0.25) is 0 Å². The monoisotopic (exact) mass is 429 g/mol. The van der Waals surface area contributed by atoms with Crippen LogP contribution in [0.2, 0.25) is 0 Å². The van der Waals surface area contributed by atoms with Crippen LogP contribution in [0.25, 0.3) is 32.2 Å². The smallest absolute Gasteiger partial charge is 0.268 e. The van der Waals surface area contributed by atoms with E-state index < -0.39 is 0 Å². The molecular weight excluding hydrogens is 410 g/mol. The van der Waals surface area contributed by atoms with E-state index in [4.69, 9.17) is 5.84 Å². The van der Waals surface area contributed by atoms with Crippen molar-refractivity contribution in [2.24, 2.45) is 12.9 Å². The van der Waals surface area contributed by atoms with Crippen molar-refractivity contribution >= 4 is 39.0 Å². The van der Waals surface area contributed by atoms with Crippen LogP contribution in [0, 0.1) is 6.92 Å². The molecule has 5 aromatic rings. The quantitative estimate of drug-likeness (QED) is 0.267. The van der Waals surface area contributed by atoms with Crippen molar-refractivity contribution in [2.45, 2.75) is 13.5 Å². The first kappa shape index (κ1) is 19.3. The molecule has 0 aliphatic carbocycles. The molecule has 9 heteroatoms. The molecule has 0 aliphatic rings. The minimum Gasteiger partial charge on any atom is -0.271 e. The number of thiazole rings is 1. The van der Waals surface area contributed by atoms with Gasteiger partial charge < -0.3 is 0 Å². The number of benzene rings is 1. The van der Waals surface area contributed by atoms with E-state index in [1.54, 1.807) is 35.3 Å². The summed E-state index contributed by atoms with van der Waals surface area (Å²) < 4.78 is 1.82. The number of carbonyl (C=O) groups is 1. The maximum Gasteiger partial charge on any atom is 0.268 e. The molecule has 4 aromatic heterocycles. The van der Waals surface area contributed by atoms with E-state index in [9.17, 15) is 4.79 Å². The Labute approximate surface area is 182 Å². The third-order valence-electron chi connectivity index (χ3n) is 5.23. The molecule has 0 bridgehead atoms. The lowest BCUT2D eigenvalue weighted by Gasteiger charge is -2.17. The number of aromatic nitrogens is 5. The molecule has 0 spiro atoms. The first-order valence-electron chi connectivity index (χ1n) is 9.63. The van der Waals surface area contributed by atoms with Crippen molar-refractivity contribution in [3.05, 3.63) is 71.4 Å². The Kier molecular flexibility index (Phi) is 4.68. The summed E-state index contributed by atoms with van der Waals surface area (Å²) in [5.74, 6) is 5.82. The second kappa shape index (κ2) is 7.53. The molecule has 0 radical (unpaired) electrons. The van der Waals surface area contributed by atoms with Crippen LogP contribution in [-0.2, 0) is 13.6 Å². The molecule has 0 unspecified atom stereocenters. The Hall–Kier alpha value is -3.69. The number of amides is 1. The number of hydrogen-bond acceptors (Lipinski definition) is 7. The zero-order chi connectivity index (χ0) is 21.5. The SMILES string of the molecule is Cc1nn(C)c2c1cnc1ccc(C(=O)N(N)Cc3ccc(-c4cncs4)cn3)cc12. The molecule has 154 valence electrons. The molecule has 1 amide bonds. The van der Waals surface area contributed by atoms with Gasteiger partial charge in [-0.05, 0) is 31.2 Å². The number of hydrogen-bond donors (Lipinski definition) is 1. The van der Waals surface area contributed by atoms with Crippen molar-refractivity contribution in [3.8, 4) is 10.4 Å². The van der Waals surface area contributed by atoms with E-state index in [2.05, 4.69) is 20.1 Å². The second-order valence-electron chi connectivity index (χ2n) is 7.30. The van der Waals surface area contributed by atoms with Gasteiger partial charge in [0.25, 0.3) is 5.91 Å². The molecule has 2 N–H and O–H groups in total. The Morgan fingerprint density at radius 1 is 1.13 bits per heavy atom. The first-order valence-corrected chi connectivity index (χ1v) is 10.5. The molecule has 0 aliphatic heterocycles. The highest BCUT2D eigenvalue weighted by molar-refractivity contribution is 7.13. The molecular formula is C22H19N7OS. The predicted octanol–water partition coefficient (Wildman–Crippen LogP) is 3.46. The second-order valence-corrected chi connectivity index (χ2v) is 8.18. The van der Waals surface area contributed by atoms with Crippen molar-refractivity contribution in [1.29, 1.82) is 0 Å². The van der Waals surface area contributed by atoms with E-state index in [1.807, 2.05) is 49.1 Å². The molecule has 31 heavy (non-hydrogen) atoms. The maximum absolute atomic E-state index is 13.0. The van der Waals surface area contributed by atoms with Gasteiger partial charge in [-0.3, -0.25) is 29.4 Å². The highest BCUT2D eigenvalue weighted by Gasteiger charge is 2.17. The minimum absolute atomic E-state index is 0.201. The Morgan fingerprint density at radius 3 is 2.74 bits per heavy atom. The van der Waals surface area contributed by atoms with Gasteiger partial charge in [0.05, 0.1) is 39.4 Å². The summed E-state index contributed by atoms with van der Waals surface area (Å²) in [5, 5.41) is 7.49. The molecule has 8 nitrogen and oxygen atoms in total. The highest BCUT2D eigenvalue weighted by Crippen LogP contribution is 2.27. The lowest BCUT2D eigenvalue weighted by molar-refractivity contribution is 0.0741. The van der Waals surface area contributed by atoms with E-state index in [0.29, 0.717) is 11.3 Å². The number of hydrazine groups is 1. The molecule has 0 atom stereocenters. The van der Waals surface area contributed by atoms with Crippen LogP contribution >= 0.6 is 11.3 Å². The van der Waals surface area contributed by atoms with Crippen LogP contribution in [0.15, 0.2) is 54.4 Å². The van der Waals surface area contributed by atoms with Crippen LogP contribution in [-0.4, -0.2) is 35.6 Å². The number of carbonyl (C=O) groups excluding carboxylic acids is 1. The number of fused-ring (bicyclic) bond motifs is 3. The lowest BCUT2D eigenvalue weighted by atomic mass is 10.1. The highest BCUT2D eigenvalue weighted by atomic mass is 32.1. The fourth-order valence-corrected chi connectivity index (χ4v) is 4.30. The molecule has 1 aromatic carbocycles. The average molecular weight is 430 g/mol. The largest absolute Gasteiger partial charge is 0.271 e. The zero-order valence-electron chi connectivity index (χ0n) is 17.0. The van der Waals surface area contributed by atoms with Crippen molar-refractivity contribution < 1.29 is 4.79 Å². The third kappa shape index (κ3) is 3.43. The third-order valence-corrected chi connectivity index (χ3v) is 6.06. The molecule has 0 fully saturated rings. The van der Waals surface area contributed by atoms with Gasteiger partial charge in [0, 0.05) is 47.5 Å². The van der Waals surface area contributed by atoms with Gasteiger partial charge >= 0.3 is 0 Å². The summed E-state index contributed by atoms with van der Waals surface area (Å²) in [6.45, 7) is 2.15. The maximum atomic E-state index is 13.0. The Morgan fingerprint density at radius 2 is 2.00 bits per heavy atom. The van der Waals surface area contributed by atoms with Crippen molar-refractivity contribution in [1.82, 2.24) is 29.7 Å². The summed E-state index contributed by atoms with van der Waals surface area (Å²) >= 11 is 1.55. The van der Waals surface area contributed by atoms with Gasteiger partial charge in [-0.15, -0.1) is 11.3 Å². The molecule has 5 rings (SSSR count). The van der Waals surface area contributed by atoms with Gasteiger partial charge in [0.15, 0.2) is 0 Å². The van der Waals surface area contributed by atoms with Gasteiger partial charge in [-0.1, -0.05) is 6.07 Å². The average Bonchev–Trinajstić information content (AvgIpc) is 3.42. The number of nitrogens with two attached hydrogens (primary N) is 1. The number of aryl methyl sites for hydroxylation is 2. The van der Waals surface area contributed by atoms with Crippen LogP contribution in [0.4, 0.5) is 0 Å². The Bertz CT molecular complexity index is 1410. The van der Waals surface area contributed by atoms with Crippen molar-refractivity contribution in [3.63, 3.8) is 0 Å². The van der Waals surface area contributed by atoms with E-state index in [1.165, 1.54) is 5.01 Å². The summed E-state index contributed by atoms with van der Waals surface area (Å²) in [6.07, 6.45) is 5.39. The lowest BCUT2D eigenvalue weighted by Crippen LogP contribution is -2.37. The fourth-order valence-electron chi connectivity index (χ4n) is 3.69. The fraction of sp³-hybridized carbons (Fsp3) is 0.136. The summed E-state index contributed by atoms with van der Waals surface area (Å²) in [5.41, 5.74) is 6.61. The van der Waals surface area contributed by atoms with Crippen LogP contribution in [0.1, 0.15) is 21.7 Å². The van der Waals surface area contributed by atoms with Crippen molar-refractivity contribution in [2.75, 3.05) is 0 Å². The van der Waals surface area contributed by atoms with Crippen LogP contribution in [0.3, 0.4) is 0 Å².